The summed E-state index contributed by atoms with van der Waals surface area (Å²) in [7, 11) is -3.47. The van der Waals surface area contributed by atoms with Crippen molar-refractivity contribution in [2.24, 2.45) is 0 Å². The van der Waals surface area contributed by atoms with Gasteiger partial charge in [0.2, 0.25) is 10.0 Å². The zero-order valence-electron chi connectivity index (χ0n) is 17.6. The molecule has 0 aromatic heterocycles. The maximum atomic E-state index is 12.5. The van der Waals surface area contributed by atoms with Crippen LogP contribution in [-0.4, -0.2) is 20.6 Å². The Labute approximate surface area is 178 Å². The molecule has 3 aromatic rings. The predicted octanol–water partition coefficient (Wildman–Crippen LogP) is 4.83. The first-order valence-electron chi connectivity index (χ1n) is 9.65. The quantitative estimate of drug-likeness (QED) is 0.619. The summed E-state index contributed by atoms with van der Waals surface area (Å²) in [6.07, 6.45) is 1.20. The molecule has 0 spiro atoms. The van der Waals surface area contributed by atoms with E-state index in [9.17, 15) is 13.2 Å². The molecule has 3 aromatic carbocycles. The molecule has 0 aliphatic heterocycles. The standard InChI is InChI=1S/C24H26N2O3S/c1-17-13-18(2)15-22(14-17)26(30(4,28)29)16-20-9-11-21(12-10-20)24(27)25-23-8-6-5-7-19(23)3/h5-15H,16H2,1-4H3,(H,25,27). The third-order valence-corrected chi connectivity index (χ3v) is 5.97. The number of nitrogens with one attached hydrogen (secondary N) is 1. The third-order valence-electron chi connectivity index (χ3n) is 4.83. The number of para-hydroxylation sites is 1. The zero-order valence-corrected chi connectivity index (χ0v) is 18.5. The van der Waals surface area contributed by atoms with Crippen LogP contribution in [0.25, 0.3) is 0 Å². The lowest BCUT2D eigenvalue weighted by atomic mass is 10.1. The highest BCUT2D eigenvalue weighted by atomic mass is 32.2. The van der Waals surface area contributed by atoms with Gasteiger partial charge >= 0.3 is 0 Å². The minimum absolute atomic E-state index is 0.196. The normalized spacial score (nSPS) is 11.2. The summed E-state index contributed by atoms with van der Waals surface area (Å²) in [5.41, 5.74) is 5.70. The molecule has 156 valence electrons. The summed E-state index contributed by atoms with van der Waals surface area (Å²) in [6.45, 7) is 6.02. The Morgan fingerprint density at radius 1 is 0.900 bits per heavy atom. The van der Waals surface area contributed by atoms with Crippen LogP contribution in [0.2, 0.25) is 0 Å². The molecule has 0 saturated carbocycles. The topological polar surface area (TPSA) is 66.5 Å². The van der Waals surface area contributed by atoms with Crippen LogP contribution in [0.4, 0.5) is 11.4 Å². The molecule has 30 heavy (non-hydrogen) atoms. The van der Waals surface area contributed by atoms with Gasteiger partial charge in [0.15, 0.2) is 0 Å². The van der Waals surface area contributed by atoms with Crippen molar-refractivity contribution in [2.75, 3.05) is 15.9 Å². The fraction of sp³-hybridized carbons (Fsp3) is 0.208. The van der Waals surface area contributed by atoms with E-state index in [1.54, 1.807) is 24.3 Å². The molecule has 0 saturated heterocycles. The van der Waals surface area contributed by atoms with E-state index in [1.807, 2.05) is 63.2 Å². The van der Waals surface area contributed by atoms with Crippen molar-refractivity contribution in [1.29, 1.82) is 0 Å². The van der Waals surface area contributed by atoms with Gasteiger partial charge in [0, 0.05) is 11.3 Å². The maximum Gasteiger partial charge on any atom is 0.255 e. The summed E-state index contributed by atoms with van der Waals surface area (Å²) >= 11 is 0. The second-order valence-electron chi connectivity index (χ2n) is 7.58. The summed E-state index contributed by atoms with van der Waals surface area (Å²) in [5.74, 6) is -0.204. The number of aryl methyl sites for hydroxylation is 3. The highest BCUT2D eigenvalue weighted by Crippen LogP contribution is 2.24. The lowest BCUT2D eigenvalue weighted by Crippen LogP contribution is -2.29. The van der Waals surface area contributed by atoms with Crippen LogP contribution in [0.5, 0.6) is 0 Å². The van der Waals surface area contributed by atoms with Gasteiger partial charge in [-0.05, 0) is 73.4 Å². The lowest BCUT2D eigenvalue weighted by molar-refractivity contribution is 0.102. The van der Waals surface area contributed by atoms with Crippen molar-refractivity contribution in [2.45, 2.75) is 27.3 Å². The van der Waals surface area contributed by atoms with Crippen molar-refractivity contribution < 1.29 is 13.2 Å². The average molecular weight is 423 g/mol. The van der Waals surface area contributed by atoms with Gasteiger partial charge in [0.05, 0.1) is 18.5 Å². The number of nitrogens with zero attached hydrogens (tertiary/aromatic N) is 1. The van der Waals surface area contributed by atoms with Gasteiger partial charge in [0.1, 0.15) is 0 Å². The van der Waals surface area contributed by atoms with E-state index < -0.39 is 10.0 Å². The van der Waals surface area contributed by atoms with Gasteiger partial charge in [-0.15, -0.1) is 0 Å². The molecule has 0 bridgehead atoms. The van der Waals surface area contributed by atoms with E-state index >= 15 is 0 Å². The number of anilines is 2. The number of rotatable bonds is 6. The van der Waals surface area contributed by atoms with E-state index in [2.05, 4.69) is 5.32 Å². The molecule has 0 radical (unpaired) electrons. The summed E-state index contributed by atoms with van der Waals surface area (Å²) in [4.78, 5) is 12.5. The molecule has 5 nitrogen and oxygen atoms in total. The molecule has 3 rings (SSSR count). The SMILES string of the molecule is Cc1cc(C)cc(N(Cc2ccc(C(=O)Nc3ccccc3C)cc2)S(C)(=O)=O)c1. The van der Waals surface area contributed by atoms with Crippen LogP contribution in [0.1, 0.15) is 32.6 Å². The number of benzene rings is 3. The largest absolute Gasteiger partial charge is 0.322 e. The molecule has 6 heteroatoms. The highest BCUT2D eigenvalue weighted by molar-refractivity contribution is 7.92. The van der Waals surface area contributed by atoms with Gasteiger partial charge in [0.25, 0.3) is 5.91 Å². The van der Waals surface area contributed by atoms with Crippen LogP contribution in [0.15, 0.2) is 66.7 Å². The van der Waals surface area contributed by atoms with Crippen molar-refractivity contribution in [3.8, 4) is 0 Å². The smallest absolute Gasteiger partial charge is 0.255 e. The van der Waals surface area contributed by atoms with Crippen LogP contribution in [0, 0.1) is 20.8 Å². The number of hydrogen-bond acceptors (Lipinski definition) is 3. The van der Waals surface area contributed by atoms with Crippen molar-refractivity contribution >= 4 is 27.3 Å². The van der Waals surface area contributed by atoms with Gasteiger partial charge in [-0.25, -0.2) is 8.42 Å². The van der Waals surface area contributed by atoms with Crippen LogP contribution in [0.3, 0.4) is 0 Å². The Morgan fingerprint density at radius 3 is 2.07 bits per heavy atom. The molecule has 1 amide bonds. The zero-order chi connectivity index (χ0) is 21.9. The minimum Gasteiger partial charge on any atom is -0.322 e. The van der Waals surface area contributed by atoms with Crippen LogP contribution in [-0.2, 0) is 16.6 Å². The van der Waals surface area contributed by atoms with Crippen molar-refractivity contribution in [3.63, 3.8) is 0 Å². The van der Waals surface area contributed by atoms with Gasteiger partial charge < -0.3 is 5.32 Å². The number of hydrogen-bond donors (Lipinski definition) is 1. The molecular formula is C24H26N2O3S. The first kappa shape index (κ1) is 21.6. The fourth-order valence-corrected chi connectivity index (χ4v) is 4.20. The van der Waals surface area contributed by atoms with Crippen LogP contribution >= 0.6 is 0 Å². The van der Waals surface area contributed by atoms with E-state index in [1.165, 1.54) is 10.6 Å². The van der Waals surface area contributed by atoms with E-state index in [0.29, 0.717) is 11.3 Å². The van der Waals surface area contributed by atoms with E-state index in [4.69, 9.17) is 0 Å². The second-order valence-corrected chi connectivity index (χ2v) is 9.49. The van der Waals surface area contributed by atoms with Crippen molar-refractivity contribution in [1.82, 2.24) is 0 Å². The summed E-state index contributed by atoms with van der Waals surface area (Å²) in [5, 5.41) is 2.90. The molecule has 0 atom stereocenters. The highest BCUT2D eigenvalue weighted by Gasteiger charge is 2.19. The number of sulfonamides is 1. The van der Waals surface area contributed by atoms with Gasteiger partial charge in [-0.2, -0.15) is 0 Å². The molecular weight excluding hydrogens is 396 g/mol. The van der Waals surface area contributed by atoms with Crippen molar-refractivity contribution in [3.05, 3.63) is 94.5 Å². The number of carbonyl (C=O) groups is 1. The Morgan fingerprint density at radius 2 is 1.50 bits per heavy atom. The Bertz CT molecular complexity index is 1150. The second kappa shape index (κ2) is 8.71. The number of amides is 1. The van der Waals surface area contributed by atoms with Crippen LogP contribution < -0.4 is 9.62 Å². The Hall–Kier alpha value is -3.12. The molecule has 0 heterocycles. The maximum absolute atomic E-state index is 12.5. The number of carbonyl (C=O) groups excluding carboxylic acids is 1. The van der Waals surface area contributed by atoms with E-state index in [-0.39, 0.29) is 12.5 Å². The summed E-state index contributed by atoms with van der Waals surface area (Å²) < 4.78 is 26.2. The molecule has 1 N–H and O–H groups in total. The van der Waals surface area contributed by atoms with E-state index in [0.717, 1.165) is 27.9 Å². The fourth-order valence-electron chi connectivity index (χ4n) is 3.33. The lowest BCUT2D eigenvalue weighted by Gasteiger charge is -2.23. The first-order chi connectivity index (χ1) is 14.1. The third kappa shape index (κ3) is 5.27. The molecule has 0 fully saturated rings. The predicted molar refractivity (Wildman–Crippen MR) is 123 cm³/mol. The minimum atomic E-state index is -3.47. The Balaban J connectivity index is 1.80. The van der Waals surface area contributed by atoms with Gasteiger partial charge in [-0.3, -0.25) is 9.10 Å². The monoisotopic (exact) mass is 422 g/mol. The first-order valence-corrected chi connectivity index (χ1v) is 11.5. The molecule has 0 aliphatic rings. The summed E-state index contributed by atoms with van der Waals surface area (Å²) in [6, 6.07) is 20.3. The molecule has 0 unspecified atom stereocenters. The Kier molecular flexibility index (Phi) is 6.27. The van der Waals surface area contributed by atoms with Gasteiger partial charge in [-0.1, -0.05) is 36.4 Å². The average Bonchev–Trinajstić information content (AvgIpc) is 2.66. The molecule has 0 aliphatic carbocycles.